The van der Waals surface area contributed by atoms with Gasteiger partial charge in [-0.05, 0) is 23.6 Å². The van der Waals surface area contributed by atoms with Gasteiger partial charge >= 0.3 is 0 Å². The van der Waals surface area contributed by atoms with Crippen molar-refractivity contribution < 1.29 is 14.2 Å². The summed E-state index contributed by atoms with van der Waals surface area (Å²) in [5.74, 6) is 1.70. The molecule has 1 heterocycles. The molecule has 0 fully saturated rings. The molecule has 1 aliphatic rings. The molecule has 5 heteroatoms. The van der Waals surface area contributed by atoms with Crippen LogP contribution in [0.25, 0.3) is 10.8 Å². The molecule has 0 unspecified atom stereocenters. The van der Waals surface area contributed by atoms with E-state index in [-0.39, 0.29) is 5.88 Å². The van der Waals surface area contributed by atoms with Crippen molar-refractivity contribution in [1.29, 1.82) is 5.26 Å². The molecule has 0 aromatic heterocycles. The predicted octanol–water partition coefficient (Wildman–Crippen LogP) is 4.08. The Balaban J connectivity index is 2.03. The second-order valence-electron chi connectivity index (χ2n) is 6.24. The highest BCUT2D eigenvalue weighted by atomic mass is 16.5. The van der Waals surface area contributed by atoms with Crippen molar-refractivity contribution in [3.63, 3.8) is 0 Å². The van der Waals surface area contributed by atoms with E-state index in [4.69, 9.17) is 19.9 Å². The van der Waals surface area contributed by atoms with Gasteiger partial charge in [0.1, 0.15) is 28.9 Å². The Bertz CT molecular complexity index is 1110. The normalized spacial score (nSPS) is 15.7. The van der Waals surface area contributed by atoms with Crippen LogP contribution in [-0.4, -0.2) is 14.2 Å². The number of methoxy groups -OCH3 is 2. The van der Waals surface area contributed by atoms with E-state index in [1.165, 1.54) is 0 Å². The Morgan fingerprint density at radius 3 is 2.56 bits per heavy atom. The summed E-state index contributed by atoms with van der Waals surface area (Å²) in [6.07, 6.45) is 0. The molecule has 0 spiro atoms. The van der Waals surface area contributed by atoms with Crippen LogP contribution in [0.2, 0.25) is 0 Å². The summed E-state index contributed by atoms with van der Waals surface area (Å²) >= 11 is 0. The molecule has 0 saturated carbocycles. The Morgan fingerprint density at radius 1 is 1.00 bits per heavy atom. The first-order valence-corrected chi connectivity index (χ1v) is 8.49. The third-order valence-electron chi connectivity index (χ3n) is 4.86. The van der Waals surface area contributed by atoms with Gasteiger partial charge in [-0.2, -0.15) is 5.26 Å². The van der Waals surface area contributed by atoms with Crippen LogP contribution in [0.1, 0.15) is 17.0 Å². The summed E-state index contributed by atoms with van der Waals surface area (Å²) in [4.78, 5) is 0. The number of rotatable bonds is 3. The second kappa shape index (κ2) is 6.58. The minimum absolute atomic E-state index is 0.108. The van der Waals surface area contributed by atoms with Crippen LogP contribution in [0, 0.1) is 11.3 Å². The largest absolute Gasteiger partial charge is 0.497 e. The number of ether oxygens (including phenoxy) is 3. The number of hydrogen-bond acceptors (Lipinski definition) is 5. The smallest absolute Gasteiger partial charge is 0.205 e. The monoisotopic (exact) mass is 358 g/mol. The minimum Gasteiger partial charge on any atom is -0.497 e. The zero-order valence-electron chi connectivity index (χ0n) is 15.0. The number of fused-ring (bicyclic) bond motifs is 3. The predicted molar refractivity (Wildman–Crippen MR) is 103 cm³/mol. The van der Waals surface area contributed by atoms with E-state index in [0.29, 0.717) is 22.8 Å². The van der Waals surface area contributed by atoms with Crippen molar-refractivity contribution in [3.8, 4) is 23.3 Å². The SMILES string of the molecule is COc1ccc(OC)c([C@H]2C(C#N)=C(N)Oc3c2ccc2ccccc32)c1. The van der Waals surface area contributed by atoms with Gasteiger partial charge in [-0.1, -0.05) is 36.4 Å². The molecule has 3 aromatic carbocycles. The lowest BCUT2D eigenvalue weighted by molar-refractivity contribution is 0.386. The van der Waals surface area contributed by atoms with Crippen molar-refractivity contribution >= 4 is 10.8 Å². The maximum atomic E-state index is 9.78. The van der Waals surface area contributed by atoms with Crippen LogP contribution in [0.3, 0.4) is 0 Å². The van der Waals surface area contributed by atoms with Crippen molar-refractivity contribution in [3.05, 3.63) is 77.2 Å². The van der Waals surface area contributed by atoms with Crippen molar-refractivity contribution in [2.45, 2.75) is 5.92 Å². The third kappa shape index (κ3) is 2.63. The van der Waals surface area contributed by atoms with Gasteiger partial charge in [0, 0.05) is 16.5 Å². The van der Waals surface area contributed by atoms with Gasteiger partial charge in [0.05, 0.1) is 20.1 Å². The van der Waals surface area contributed by atoms with Gasteiger partial charge in [-0.3, -0.25) is 0 Å². The average molecular weight is 358 g/mol. The van der Waals surface area contributed by atoms with Gasteiger partial charge in [0.25, 0.3) is 0 Å². The first kappa shape index (κ1) is 16.8. The molecule has 0 saturated heterocycles. The zero-order chi connectivity index (χ0) is 19.0. The summed E-state index contributed by atoms with van der Waals surface area (Å²) in [5.41, 5.74) is 8.17. The van der Waals surface area contributed by atoms with E-state index in [1.807, 2.05) is 54.6 Å². The Morgan fingerprint density at radius 2 is 1.81 bits per heavy atom. The minimum atomic E-state index is -0.409. The van der Waals surface area contributed by atoms with E-state index in [9.17, 15) is 5.26 Å². The van der Waals surface area contributed by atoms with Crippen LogP contribution in [0.5, 0.6) is 17.2 Å². The Hall–Kier alpha value is -3.65. The van der Waals surface area contributed by atoms with Crippen LogP contribution < -0.4 is 19.9 Å². The first-order chi connectivity index (χ1) is 13.2. The van der Waals surface area contributed by atoms with Crippen LogP contribution in [-0.2, 0) is 0 Å². The Kier molecular flexibility index (Phi) is 4.09. The molecule has 1 atom stereocenters. The summed E-state index contributed by atoms with van der Waals surface area (Å²) < 4.78 is 16.8. The molecule has 0 bridgehead atoms. The molecule has 1 aliphatic heterocycles. The fourth-order valence-electron chi connectivity index (χ4n) is 3.57. The van der Waals surface area contributed by atoms with Gasteiger partial charge in [0.2, 0.25) is 5.88 Å². The van der Waals surface area contributed by atoms with Gasteiger partial charge in [-0.25, -0.2) is 0 Å². The molecule has 4 rings (SSSR count). The molecule has 134 valence electrons. The number of nitrogens with zero attached hydrogens (tertiary/aromatic N) is 1. The average Bonchev–Trinajstić information content (AvgIpc) is 2.72. The fraction of sp³-hybridized carbons (Fsp3) is 0.136. The summed E-state index contributed by atoms with van der Waals surface area (Å²) in [5, 5.41) is 11.8. The number of nitriles is 1. The number of benzene rings is 3. The lowest BCUT2D eigenvalue weighted by Gasteiger charge is -2.28. The van der Waals surface area contributed by atoms with E-state index < -0.39 is 5.92 Å². The maximum Gasteiger partial charge on any atom is 0.205 e. The van der Waals surface area contributed by atoms with E-state index in [1.54, 1.807) is 14.2 Å². The van der Waals surface area contributed by atoms with E-state index in [2.05, 4.69) is 6.07 Å². The highest BCUT2D eigenvalue weighted by Gasteiger charge is 2.33. The van der Waals surface area contributed by atoms with Crippen molar-refractivity contribution in [2.24, 2.45) is 5.73 Å². The highest BCUT2D eigenvalue weighted by Crippen LogP contribution is 2.48. The van der Waals surface area contributed by atoms with Gasteiger partial charge < -0.3 is 19.9 Å². The van der Waals surface area contributed by atoms with Crippen LogP contribution in [0.15, 0.2) is 66.1 Å². The molecular weight excluding hydrogens is 340 g/mol. The van der Waals surface area contributed by atoms with Crippen molar-refractivity contribution in [2.75, 3.05) is 14.2 Å². The summed E-state index contributed by atoms with van der Waals surface area (Å²) in [6, 6.07) is 19.7. The number of hydrogen-bond donors (Lipinski definition) is 1. The number of nitrogens with two attached hydrogens (primary N) is 1. The Labute approximate surface area is 157 Å². The zero-order valence-corrected chi connectivity index (χ0v) is 15.0. The van der Waals surface area contributed by atoms with Crippen LogP contribution in [0.4, 0.5) is 0 Å². The van der Waals surface area contributed by atoms with Gasteiger partial charge in [-0.15, -0.1) is 0 Å². The molecule has 0 radical (unpaired) electrons. The van der Waals surface area contributed by atoms with E-state index in [0.717, 1.165) is 21.9 Å². The lowest BCUT2D eigenvalue weighted by Crippen LogP contribution is -2.21. The summed E-state index contributed by atoms with van der Waals surface area (Å²) in [6.45, 7) is 0. The van der Waals surface area contributed by atoms with Gasteiger partial charge in [0.15, 0.2) is 0 Å². The highest BCUT2D eigenvalue weighted by molar-refractivity contribution is 5.91. The second-order valence-corrected chi connectivity index (χ2v) is 6.24. The van der Waals surface area contributed by atoms with Crippen LogP contribution >= 0.6 is 0 Å². The topological polar surface area (TPSA) is 77.5 Å². The molecule has 2 N–H and O–H groups in total. The molecule has 3 aromatic rings. The first-order valence-electron chi connectivity index (χ1n) is 8.49. The lowest BCUT2D eigenvalue weighted by atomic mass is 9.82. The van der Waals surface area contributed by atoms with Crippen molar-refractivity contribution in [1.82, 2.24) is 0 Å². The maximum absolute atomic E-state index is 9.78. The number of allylic oxidation sites excluding steroid dienone is 1. The van der Waals surface area contributed by atoms with E-state index >= 15 is 0 Å². The molecule has 27 heavy (non-hydrogen) atoms. The quantitative estimate of drug-likeness (QED) is 0.763. The third-order valence-corrected chi connectivity index (χ3v) is 4.86. The molecular formula is C22H18N2O3. The molecule has 0 aliphatic carbocycles. The molecule has 0 amide bonds. The summed E-state index contributed by atoms with van der Waals surface area (Å²) in [7, 11) is 3.21. The standard InChI is InChI=1S/C22H18N2O3/c1-25-14-8-10-19(26-2)17(11-14)20-16-9-7-13-5-3-4-6-15(13)21(16)27-22(24)18(20)12-23/h3-11,20H,24H2,1-2H3/t20-/m0/s1. The molecule has 5 nitrogen and oxygen atoms in total. The fourth-order valence-corrected chi connectivity index (χ4v) is 3.57.